The first-order chi connectivity index (χ1) is 17.4. The zero-order valence-electron chi connectivity index (χ0n) is 21.6. The van der Waals surface area contributed by atoms with Crippen LogP contribution in [-0.4, -0.2) is 62.1 Å². The van der Waals surface area contributed by atoms with Crippen molar-refractivity contribution in [1.29, 1.82) is 0 Å². The summed E-state index contributed by atoms with van der Waals surface area (Å²) in [5.74, 6) is -1.18. The second-order valence-corrected chi connectivity index (χ2v) is 10.5. The first-order valence-electron chi connectivity index (χ1n) is 12.2. The lowest BCUT2D eigenvalue weighted by Gasteiger charge is -2.44. The molecular weight excluding hydrogens is 479 g/mol. The lowest BCUT2D eigenvalue weighted by molar-refractivity contribution is -0.00501. The smallest absolute Gasteiger partial charge is 0.410 e. The number of carbonyl (C=O) groups excluding carboxylic acids is 2. The van der Waals surface area contributed by atoms with E-state index in [0.717, 1.165) is 0 Å². The molecular formula is C27H31FN4O5. The predicted octanol–water partition coefficient (Wildman–Crippen LogP) is 3.35. The molecule has 2 aromatic carbocycles. The molecule has 196 valence electrons. The molecule has 0 aliphatic carbocycles. The molecule has 1 aromatic heterocycles. The Kier molecular flexibility index (Phi) is 6.94. The quantitative estimate of drug-likeness (QED) is 0.582. The number of amides is 2. The van der Waals surface area contributed by atoms with Gasteiger partial charge in [-0.2, -0.15) is 0 Å². The summed E-state index contributed by atoms with van der Waals surface area (Å²) in [4.78, 5) is 56.2. The van der Waals surface area contributed by atoms with Crippen molar-refractivity contribution >= 4 is 22.9 Å². The third kappa shape index (κ3) is 5.42. The number of benzene rings is 2. The lowest BCUT2D eigenvalue weighted by atomic mass is 10.0. The third-order valence-electron chi connectivity index (χ3n) is 6.31. The van der Waals surface area contributed by atoms with Crippen molar-refractivity contribution in [3.63, 3.8) is 0 Å². The van der Waals surface area contributed by atoms with Gasteiger partial charge in [0.15, 0.2) is 0 Å². The number of nitrogens with one attached hydrogen (secondary N) is 1. The molecule has 2 heterocycles. The maximum atomic E-state index is 14.9. The number of piperazine rings is 1. The van der Waals surface area contributed by atoms with Crippen molar-refractivity contribution in [2.45, 2.75) is 58.8 Å². The minimum absolute atomic E-state index is 0.0359. The Morgan fingerprint density at radius 2 is 1.70 bits per heavy atom. The fraction of sp³-hybridized carbons (Fsp3) is 0.407. The van der Waals surface area contributed by atoms with Gasteiger partial charge in [0.2, 0.25) is 0 Å². The number of para-hydroxylation sites is 1. The minimum atomic E-state index is -0.679. The molecule has 4 rings (SSSR count). The number of rotatable bonds is 3. The molecule has 1 saturated heterocycles. The topological polar surface area (TPSA) is 105 Å². The highest BCUT2D eigenvalue weighted by Gasteiger charge is 2.37. The van der Waals surface area contributed by atoms with E-state index < -0.39 is 34.7 Å². The van der Waals surface area contributed by atoms with E-state index in [1.807, 2.05) is 0 Å². The van der Waals surface area contributed by atoms with Crippen LogP contribution in [0.5, 0.6) is 0 Å². The molecule has 2 amide bonds. The van der Waals surface area contributed by atoms with Crippen molar-refractivity contribution in [2.75, 3.05) is 13.1 Å². The van der Waals surface area contributed by atoms with Crippen LogP contribution < -0.4 is 11.2 Å². The summed E-state index contributed by atoms with van der Waals surface area (Å²) in [5.41, 5.74) is -0.879. The molecule has 1 aliphatic rings. The minimum Gasteiger partial charge on any atom is -0.444 e. The Hall–Kier alpha value is -3.95. The fourth-order valence-electron chi connectivity index (χ4n) is 4.75. The van der Waals surface area contributed by atoms with Gasteiger partial charge >= 0.3 is 11.8 Å². The van der Waals surface area contributed by atoms with Crippen LogP contribution in [-0.2, 0) is 11.3 Å². The van der Waals surface area contributed by atoms with Crippen LogP contribution in [0.3, 0.4) is 0 Å². The van der Waals surface area contributed by atoms with Gasteiger partial charge in [-0.15, -0.1) is 0 Å². The van der Waals surface area contributed by atoms with Gasteiger partial charge in [0.25, 0.3) is 11.5 Å². The summed E-state index contributed by atoms with van der Waals surface area (Å²) in [6.07, 6.45) is -0.454. The Morgan fingerprint density at radius 1 is 1.05 bits per heavy atom. The van der Waals surface area contributed by atoms with Crippen molar-refractivity contribution in [3.8, 4) is 0 Å². The fourth-order valence-corrected chi connectivity index (χ4v) is 4.75. The molecule has 37 heavy (non-hydrogen) atoms. The summed E-state index contributed by atoms with van der Waals surface area (Å²) < 4.78 is 21.7. The van der Waals surface area contributed by atoms with Crippen LogP contribution in [0.4, 0.5) is 9.18 Å². The number of aromatic nitrogens is 2. The zero-order chi connectivity index (χ0) is 27.1. The van der Waals surface area contributed by atoms with E-state index in [1.54, 1.807) is 68.7 Å². The maximum Gasteiger partial charge on any atom is 0.410 e. The van der Waals surface area contributed by atoms with Crippen molar-refractivity contribution in [2.24, 2.45) is 0 Å². The van der Waals surface area contributed by atoms with Crippen molar-refractivity contribution in [1.82, 2.24) is 19.4 Å². The van der Waals surface area contributed by atoms with E-state index in [2.05, 4.69) is 4.98 Å². The molecule has 0 radical (unpaired) electrons. The highest BCUT2D eigenvalue weighted by molar-refractivity contribution is 5.95. The SMILES string of the molecule is C[C@@H]1CN(C(=O)OC(C)(C)C)C[C@H](C)N1C(=O)c1cc(Cn2c(=O)[nH]c(=O)c3ccccc32)ccc1F. The molecule has 0 bridgehead atoms. The summed E-state index contributed by atoms with van der Waals surface area (Å²) in [6.45, 7) is 9.52. The number of hydrogen-bond donors (Lipinski definition) is 1. The second-order valence-electron chi connectivity index (χ2n) is 10.5. The van der Waals surface area contributed by atoms with Crippen LogP contribution in [0.15, 0.2) is 52.1 Å². The highest BCUT2D eigenvalue weighted by Crippen LogP contribution is 2.23. The number of halogens is 1. The largest absolute Gasteiger partial charge is 0.444 e. The van der Waals surface area contributed by atoms with Gasteiger partial charge in [-0.05, 0) is 64.4 Å². The number of ether oxygens (including phenoxy) is 1. The molecule has 3 aromatic rings. The number of fused-ring (bicyclic) bond motifs is 1. The van der Waals surface area contributed by atoms with Crippen molar-refractivity contribution < 1.29 is 18.7 Å². The molecule has 0 saturated carbocycles. The number of nitrogens with zero attached hydrogens (tertiary/aromatic N) is 3. The monoisotopic (exact) mass is 510 g/mol. The molecule has 1 fully saturated rings. The van der Waals surface area contributed by atoms with Crippen LogP contribution in [0.1, 0.15) is 50.5 Å². The first kappa shape index (κ1) is 26.1. The van der Waals surface area contributed by atoms with E-state index in [9.17, 15) is 23.6 Å². The first-order valence-corrected chi connectivity index (χ1v) is 12.2. The second kappa shape index (κ2) is 9.84. The Bertz CT molecular complexity index is 1460. The van der Waals surface area contributed by atoms with E-state index >= 15 is 0 Å². The molecule has 0 spiro atoms. The molecule has 1 aliphatic heterocycles. The van der Waals surface area contributed by atoms with Gasteiger partial charge in [0, 0.05) is 25.2 Å². The van der Waals surface area contributed by atoms with E-state index in [1.165, 1.54) is 22.8 Å². The van der Waals surface area contributed by atoms with Crippen LogP contribution in [0.2, 0.25) is 0 Å². The summed E-state index contributed by atoms with van der Waals surface area (Å²) in [7, 11) is 0. The van der Waals surface area contributed by atoms with Gasteiger partial charge in [-0.1, -0.05) is 18.2 Å². The van der Waals surface area contributed by atoms with E-state index in [4.69, 9.17) is 4.74 Å². The van der Waals surface area contributed by atoms with Crippen LogP contribution in [0.25, 0.3) is 10.9 Å². The Morgan fingerprint density at radius 3 is 2.35 bits per heavy atom. The van der Waals surface area contributed by atoms with E-state index in [0.29, 0.717) is 16.5 Å². The molecule has 10 heteroatoms. The Labute approximate surface area is 213 Å². The highest BCUT2D eigenvalue weighted by atomic mass is 19.1. The van der Waals surface area contributed by atoms with Gasteiger partial charge < -0.3 is 14.5 Å². The van der Waals surface area contributed by atoms with E-state index in [-0.39, 0.29) is 37.3 Å². The van der Waals surface area contributed by atoms with Crippen LogP contribution >= 0.6 is 0 Å². The number of H-pyrrole nitrogens is 1. The number of aromatic amines is 1. The average Bonchev–Trinajstić information content (AvgIpc) is 2.81. The van der Waals surface area contributed by atoms with Crippen LogP contribution in [0, 0.1) is 5.82 Å². The number of hydrogen-bond acceptors (Lipinski definition) is 5. The van der Waals surface area contributed by atoms with Gasteiger partial charge in [0.1, 0.15) is 11.4 Å². The standard InChI is InChI=1S/C27H31FN4O5/c1-16-13-30(26(36)37-27(3,4)5)14-17(2)32(16)24(34)20-12-18(10-11-21(20)28)15-31-22-9-7-6-8-19(22)23(33)29-25(31)35/h6-12,16-17H,13-15H2,1-5H3,(H,29,33,35)/t16-,17+. The Balaban J connectivity index is 1.60. The van der Waals surface area contributed by atoms with Gasteiger partial charge in [0.05, 0.1) is 23.0 Å². The lowest BCUT2D eigenvalue weighted by Crippen LogP contribution is -2.60. The normalized spacial score (nSPS) is 18.2. The summed E-state index contributed by atoms with van der Waals surface area (Å²) >= 11 is 0. The van der Waals surface area contributed by atoms with Gasteiger partial charge in [-0.25, -0.2) is 14.0 Å². The molecule has 2 atom stereocenters. The van der Waals surface area contributed by atoms with Gasteiger partial charge in [-0.3, -0.25) is 19.1 Å². The summed E-state index contributed by atoms with van der Waals surface area (Å²) in [6, 6.07) is 10.1. The number of carbonyl (C=O) groups is 2. The predicted molar refractivity (Wildman–Crippen MR) is 137 cm³/mol. The average molecular weight is 511 g/mol. The molecule has 0 unspecified atom stereocenters. The maximum absolute atomic E-state index is 14.9. The third-order valence-corrected chi connectivity index (χ3v) is 6.31. The summed E-state index contributed by atoms with van der Waals surface area (Å²) in [5, 5.41) is 0.353. The zero-order valence-corrected chi connectivity index (χ0v) is 21.6. The molecule has 1 N–H and O–H groups in total. The van der Waals surface area contributed by atoms with Crippen molar-refractivity contribution in [3.05, 3.63) is 80.2 Å². The molecule has 9 nitrogen and oxygen atoms in total.